The van der Waals surface area contributed by atoms with Crippen LogP contribution in [0.5, 0.6) is 0 Å². The Morgan fingerprint density at radius 3 is 2.50 bits per heavy atom. The smallest absolute Gasteiger partial charge is 0.417 e. The second kappa shape index (κ2) is 4.77. The number of alkyl halides is 3. The van der Waals surface area contributed by atoms with Crippen LogP contribution in [0, 0.1) is 0 Å². The van der Waals surface area contributed by atoms with E-state index in [0.717, 1.165) is 17.4 Å². The van der Waals surface area contributed by atoms with Gasteiger partial charge in [-0.15, -0.1) is 11.3 Å². The standard InChI is InChI=1S/C14H9F3N2O2S/c15-14(16,17)8-2-1-7(6-3-4-21-5-6)11-9(8)10(18)12(22-11)13(19)20/h1-5H,18H2,(H2,19,20). The van der Waals surface area contributed by atoms with Crippen LogP contribution in [-0.4, -0.2) is 5.91 Å². The molecule has 3 aromatic rings. The summed E-state index contributed by atoms with van der Waals surface area (Å²) < 4.78 is 44.8. The maximum Gasteiger partial charge on any atom is 0.417 e. The molecule has 0 saturated heterocycles. The number of rotatable bonds is 2. The minimum atomic E-state index is -4.59. The molecule has 22 heavy (non-hydrogen) atoms. The third kappa shape index (κ3) is 2.12. The van der Waals surface area contributed by atoms with E-state index in [1.165, 1.54) is 18.6 Å². The van der Waals surface area contributed by atoms with Gasteiger partial charge in [0.1, 0.15) is 4.88 Å². The highest BCUT2D eigenvalue weighted by atomic mass is 32.1. The van der Waals surface area contributed by atoms with Gasteiger partial charge in [-0.25, -0.2) is 0 Å². The van der Waals surface area contributed by atoms with E-state index < -0.39 is 17.6 Å². The Morgan fingerprint density at radius 1 is 1.23 bits per heavy atom. The summed E-state index contributed by atoms with van der Waals surface area (Å²) in [6.45, 7) is 0. The van der Waals surface area contributed by atoms with E-state index in [4.69, 9.17) is 15.9 Å². The molecule has 0 fully saturated rings. The van der Waals surface area contributed by atoms with Gasteiger partial charge in [0, 0.05) is 21.2 Å². The van der Waals surface area contributed by atoms with Crippen molar-refractivity contribution in [2.45, 2.75) is 6.18 Å². The number of halogens is 3. The molecule has 8 heteroatoms. The van der Waals surface area contributed by atoms with Gasteiger partial charge in [-0.3, -0.25) is 4.79 Å². The second-order valence-corrected chi connectivity index (χ2v) is 5.60. The van der Waals surface area contributed by atoms with Crippen LogP contribution in [-0.2, 0) is 6.18 Å². The molecule has 4 N–H and O–H groups in total. The average Bonchev–Trinajstić information content (AvgIpc) is 3.05. The van der Waals surface area contributed by atoms with Gasteiger partial charge < -0.3 is 15.9 Å². The Balaban J connectivity index is 2.43. The number of benzene rings is 1. The highest BCUT2D eigenvalue weighted by molar-refractivity contribution is 7.22. The molecule has 0 spiro atoms. The number of nitrogen functional groups attached to an aromatic ring is 1. The van der Waals surface area contributed by atoms with Crippen molar-refractivity contribution < 1.29 is 22.4 Å². The summed E-state index contributed by atoms with van der Waals surface area (Å²) in [5.41, 5.74) is 10.9. The van der Waals surface area contributed by atoms with Crippen LogP contribution in [0.2, 0.25) is 0 Å². The lowest BCUT2D eigenvalue weighted by molar-refractivity contribution is -0.136. The molecule has 0 atom stereocenters. The fourth-order valence-electron chi connectivity index (χ4n) is 2.29. The van der Waals surface area contributed by atoms with Crippen molar-refractivity contribution in [2.24, 2.45) is 5.73 Å². The van der Waals surface area contributed by atoms with Gasteiger partial charge in [-0.05, 0) is 12.1 Å². The van der Waals surface area contributed by atoms with E-state index in [9.17, 15) is 18.0 Å². The fourth-order valence-corrected chi connectivity index (χ4v) is 3.43. The van der Waals surface area contributed by atoms with Crippen LogP contribution in [0.3, 0.4) is 0 Å². The van der Waals surface area contributed by atoms with Crippen LogP contribution in [0.1, 0.15) is 15.2 Å². The predicted molar refractivity (Wildman–Crippen MR) is 77.5 cm³/mol. The molecule has 4 nitrogen and oxygen atoms in total. The zero-order valence-corrected chi connectivity index (χ0v) is 11.7. The molecule has 0 radical (unpaired) electrons. The van der Waals surface area contributed by atoms with E-state index in [1.54, 1.807) is 6.07 Å². The van der Waals surface area contributed by atoms with Crippen molar-refractivity contribution in [1.29, 1.82) is 0 Å². The maximum absolute atomic E-state index is 13.2. The summed E-state index contributed by atoms with van der Waals surface area (Å²) in [6, 6.07) is 3.89. The first kappa shape index (κ1) is 14.5. The van der Waals surface area contributed by atoms with E-state index >= 15 is 0 Å². The van der Waals surface area contributed by atoms with Crippen molar-refractivity contribution in [3.63, 3.8) is 0 Å². The molecule has 1 amide bonds. The summed E-state index contributed by atoms with van der Waals surface area (Å²) in [6.07, 6.45) is -1.77. The lowest BCUT2D eigenvalue weighted by Gasteiger charge is -2.11. The summed E-state index contributed by atoms with van der Waals surface area (Å²) in [4.78, 5) is 11.3. The Hall–Kier alpha value is -2.48. The largest absolute Gasteiger partial charge is 0.472 e. The molecule has 0 bridgehead atoms. The minimum absolute atomic E-state index is 0.0866. The predicted octanol–water partition coefficient (Wildman–Crippen LogP) is 3.86. The molecule has 3 rings (SSSR count). The maximum atomic E-state index is 13.2. The molecule has 2 aromatic heterocycles. The SMILES string of the molecule is NC(=O)c1sc2c(-c3ccoc3)ccc(C(F)(F)F)c2c1N. The molecule has 0 saturated carbocycles. The van der Waals surface area contributed by atoms with Gasteiger partial charge in [0.25, 0.3) is 5.91 Å². The van der Waals surface area contributed by atoms with Gasteiger partial charge in [0.2, 0.25) is 0 Å². The highest BCUT2D eigenvalue weighted by Gasteiger charge is 2.35. The number of hydrogen-bond acceptors (Lipinski definition) is 4. The van der Waals surface area contributed by atoms with Crippen molar-refractivity contribution >= 4 is 33.0 Å². The first-order valence-electron chi connectivity index (χ1n) is 6.05. The molecule has 0 aliphatic heterocycles. The topological polar surface area (TPSA) is 82.2 Å². The summed E-state index contributed by atoms with van der Waals surface area (Å²) >= 11 is 0.846. The monoisotopic (exact) mass is 326 g/mol. The lowest BCUT2D eigenvalue weighted by atomic mass is 10.0. The summed E-state index contributed by atoms with van der Waals surface area (Å²) in [7, 11) is 0. The van der Waals surface area contributed by atoms with Crippen molar-refractivity contribution in [3.8, 4) is 11.1 Å². The second-order valence-electron chi connectivity index (χ2n) is 4.58. The molecule has 0 aliphatic carbocycles. The third-order valence-electron chi connectivity index (χ3n) is 3.24. The zero-order valence-electron chi connectivity index (χ0n) is 10.9. The minimum Gasteiger partial charge on any atom is -0.472 e. The Bertz CT molecular complexity index is 866. The number of fused-ring (bicyclic) bond motifs is 1. The molecule has 0 aliphatic rings. The molecule has 1 aromatic carbocycles. The first-order chi connectivity index (χ1) is 10.3. The van der Waals surface area contributed by atoms with Crippen LogP contribution >= 0.6 is 11.3 Å². The zero-order chi connectivity index (χ0) is 16.1. The Labute approximate surface area is 126 Å². The number of nitrogens with two attached hydrogens (primary N) is 2. The van der Waals surface area contributed by atoms with Crippen LogP contribution < -0.4 is 11.5 Å². The molecular formula is C14H9F3N2O2S. The van der Waals surface area contributed by atoms with Crippen molar-refractivity contribution in [1.82, 2.24) is 0 Å². The average molecular weight is 326 g/mol. The molecular weight excluding hydrogens is 317 g/mol. The number of thiophene rings is 1. The van der Waals surface area contributed by atoms with Crippen LogP contribution in [0.15, 0.2) is 35.1 Å². The van der Waals surface area contributed by atoms with Crippen molar-refractivity contribution in [3.05, 3.63) is 41.2 Å². The third-order valence-corrected chi connectivity index (χ3v) is 4.49. The van der Waals surface area contributed by atoms with Crippen LogP contribution in [0.4, 0.5) is 18.9 Å². The molecule has 114 valence electrons. The van der Waals surface area contributed by atoms with E-state index in [0.29, 0.717) is 11.1 Å². The fraction of sp³-hybridized carbons (Fsp3) is 0.0714. The molecule has 2 heterocycles. The number of furan rings is 1. The van der Waals surface area contributed by atoms with Gasteiger partial charge >= 0.3 is 6.18 Å². The number of carbonyl (C=O) groups is 1. The number of carbonyl (C=O) groups excluding carboxylic acids is 1. The normalized spacial score (nSPS) is 12.0. The van der Waals surface area contributed by atoms with Gasteiger partial charge in [0.05, 0.1) is 23.8 Å². The van der Waals surface area contributed by atoms with E-state index in [2.05, 4.69) is 0 Å². The van der Waals surface area contributed by atoms with Crippen LogP contribution in [0.25, 0.3) is 21.2 Å². The summed E-state index contributed by atoms with van der Waals surface area (Å²) in [5.74, 6) is -0.857. The highest BCUT2D eigenvalue weighted by Crippen LogP contribution is 2.46. The van der Waals surface area contributed by atoms with Gasteiger partial charge in [-0.1, -0.05) is 6.07 Å². The van der Waals surface area contributed by atoms with Gasteiger partial charge in [0.15, 0.2) is 0 Å². The molecule has 0 unspecified atom stereocenters. The van der Waals surface area contributed by atoms with Crippen molar-refractivity contribution in [2.75, 3.05) is 5.73 Å². The van der Waals surface area contributed by atoms with Gasteiger partial charge in [-0.2, -0.15) is 13.2 Å². The number of amides is 1. The number of anilines is 1. The lowest BCUT2D eigenvalue weighted by Crippen LogP contribution is -2.11. The Morgan fingerprint density at radius 2 is 1.95 bits per heavy atom. The van der Waals surface area contributed by atoms with E-state index in [1.807, 2.05) is 0 Å². The Kier molecular flexibility index (Phi) is 3.13. The quantitative estimate of drug-likeness (QED) is 0.750. The number of primary amides is 1. The number of hydrogen-bond donors (Lipinski definition) is 2. The summed E-state index contributed by atoms with van der Waals surface area (Å²) in [5, 5.41) is -0.204. The first-order valence-corrected chi connectivity index (χ1v) is 6.87. The van der Waals surface area contributed by atoms with E-state index in [-0.39, 0.29) is 20.7 Å².